The van der Waals surface area contributed by atoms with Gasteiger partial charge in [0.15, 0.2) is 5.03 Å². The molecule has 4 rings (SSSR count). The van der Waals surface area contributed by atoms with Gasteiger partial charge >= 0.3 is 0 Å². The molecular weight excluding hydrogens is 374 g/mol. The summed E-state index contributed by atoms with van der Waals surface area (Å²) in [5.41, 5.74) is 0.583. The van der Waals surface area contributed by atoms with Gasteiger partial charge in [0.25, 0.3) is 0 Å². The largest absolute Gasteiger partial charge is 0.490 e. The van der Waals surface area contributed by atoms with E-state index in [4.69, 9.17) is 4.74 Å². The number of nitrogens with one attached hydrogen (secondary N) is 1. The number of para-hydroxylation sites is 1. The van der Waals surface area contributed by atoms with Crippen molar-refractivity contribution in [3.63, 3.8) is 0 Å². The Balaban J connectivity index is 1.80. The fraction of sp³-hybridized carbons (Fsp3) is 0.190. The van der Waals surface area contributed by atoms with Gasteiger partial charge in [0.2, 0.25) is 9.84 Å². The third-order valence-corrected chi connectivity index (χ3v) is 6.37. The van der Waals surface area contributed by atoms with E-state index >= 15 is 0 Å². The minimum Gasteiger partial charge on any atom is -0.490 e. The molecule has 1 aromatic heterocycles. The Kier molecular flexibility index (Phi) is 4.78. The molecule has 0 saturated heterocycles. The summed E-state index contributed by atoms with van der Waals surface area (Å²) in [6, 6.07) is 18.0. The number of likely N-dealkylation sites (N-methyl/N-ethyl adjacent to an activating group) is 1. The van der Waals surface area contributed by atoms with Crippen LogP contribution in [0.25, 0.3) is 21.7 Å². The van der Waals surface area contributed by atoms with Crippen molar-refractivity contribution in [2.75, 3.05) is 27.2 Å². The van der Waals surface area contributed by atoms with E-state index < -0.39 is 9.84 Å². The van der Waals surface area contributed by atoms with E-state index in [1.165, 1.54) is 0 Å². The van der Waals surface area contributed by atoms with Crippen LogP contribution in [-0.4, -0.2) is 50.8 Å². The lowest BCUT2D eigenvalue weighted by Gasteiger charge is -2.11. The highest BCUT2D eigenvalue weighted by Crippen LogP contribution is 2.33. The Morgan fingerprint density at radius 3 is 2.50 bits per heavy atom. The van der Waals surface area contributed by atoms with Gasteiger partial charge < -0.3 is 9.64 Å². The van der Waals surface area contributed by atoms with Gasteiger partial charge in [-0.1, -0.05) is 42.5 Å². The Morgan fingerprint density at radius 1 is 0.964 bits per heavy atom. The second-order valence-corrected chi connectivity index (χ2v) is 8.67. The molecule has 0 radical (unpaired) electrons. The molecule has 1 heterocycles. The van der Waals surface area contributed by atoms with E-state index in [9.17, 15) is 8.42 Å². The first kappa shape index (κ1) is 18.5. The summed E-state index contributed by atoms with van der Waals surface area (Å²) in [4.78, 5) is 2.27. The number of sulfone groups is 1. The number of benzene rings is 3. The fourth-order valence-electron chi connectivity index (χ4n) is 3.19. The Bertz CT molecular complexity index is 1240. The second-order valence-electron chi connectivity index (χ2n) is 6.84. The molecule has 0 spiro atoms. The van der Waals surface area contributed by atoms with Crippen molar-refractivity contribution in [3.05, 3.63) is 60.7 Å². The standard InChI is InChI=1S/C21H21N3O3S/c1-24(2)13-14-27-18-11-6-10-17-20(18)22-23-21(17)28(25,26)19-12-5-8-15-7-3-4-9-16(15)19/h3-12H,13-14H2,1-2H3,(H,22,23). The third kappa shape index (κ3) is 3.23. The first-order valence-electron chi connectivity index (χ1n) is 8.96. The van der Waals surface area contributed by atoms with Crippen molar-refractivity contribution in [1.29, 1.82) is 0 Å². The van der Waals surface area contributed by atoms with Crippen molar-refractivity contribution in [2.24, 2.45) is 0 Å². The highest BCUT2D eigenvalue weighted by Gasteiger charge is 2.26. The van der Waals surface area contributed by atoms with Gasteiger partial charge in [-0.15, -0.1) is 0 Å². The zero-order valence-corrected chi connectivity index (χ0v) is 16.5. The number of aromatic nitrogens is 2. The highest BCUT2D eigenvalue weighted by molar-refractivity contribution is 7.91. The summed E-state index contributed by atoms with van der Waals surface area (Å²) in [6.45, 7) is 1.25. The first-order chi connectivity index (χ1) is 13.5. The molecule has 0 amide bonds. The summed E-state index contributed by atoms with van der Waals surface area (Å²) in [7, 11) is 0.129. The van der Waals surface area contributed by atoms with Crippen LogP contribution >= 0.6 is 0 Å². The lowest BCUT2D eigenvalue weighted by atomic mass is 10.1. The van der Waals surface area contributed by atoms with Crippen LogP contribution in [0.2, 0.25) is 0 Å². The number of fused-ring (bicyclic) bond motifs is 2. The SMILES string of the molecule is CN(C)CCOc1cccc2c(S(=O)(=O)c3cccc4ccccc34)n[nH]c12. The third-order valence-electron chi connectivity index (χ3n) is 4.62. The van der Waals surface area contributed by atoms with Crippen LogP contribution in [0.15, 0.2) is 70.6 Å². The molecule has 0 bridgehead atoms. The molecule has 144 valence electrons. The Labute approximate surface area is 163 Å². The Morgan fingerprint density at radius 2 is 1.68 bits per heavy atom. The van der Waals surface area contributed by atoms with E-state index in [2.05, 4.69) is 10.2 Å². The second kappa shape index (κ2) is 7.26. The molecule has 0 fully saturated rings. The van der Waals surface area contributed by atoms with E-state index in [0.717, 1.165) is 11.9 Å². The smallest absolute Gasteiger partial charge is 0.226 e. The van der Waals surface area contributed by atoms with Crippen LogP contribution in [0.3, 0.4) is 0 Å². The number of aromatic amines is 1. The molecule has 4 aromatic rings. The zero-order chi connectivity index (χ0) is 19.7. The van der Waals surface area contributed by atoms with Crippen LogP contribution in [-0.2, 0) is 9.84 Å². The summed E-state index contributed by atoms with van der Waals surface area (Å²) in [5.74, 6) is 0.589. The molecular formula is C21H21N3O3S. The van der Waals surface area contributed by atoms with Gasteiger partial charge in [0, 0.05) is 17.3 Å². The van der Waals surface area contributed by atoms with Gasteiger partial charge in [-0.3, -0.25) is 5.10 Å². The van der Waals surface area contributed by atoms with E-state index in [0.29, 0.717) is 28.6 Å². The molecule has 0 saturated carbocycles. The monoisotopic (exact) mass is 395 g/mol. The molecule has 0 aliphatic heterocycles. The number of ether oxygens (including phenoxy) is 1. The molecule has 6 nitrogen and oxygen atoms in total. The average molecular weight is 395 g/mol. The van der Waals surface area contributed by atoms with Crippen LogP contribution in [0.5, 0.6) is 5.75 Å². The number of H-pyrrole nitrogens is 1. The van der Waals surface area contributed by atoms with Crippen molar-refractivity contribution < 1.29 is 13.2 Å². The number of hydrogen-bond donors (Lipinski definition) is 1. The van der Waals surface area contributed by atoms with Crippen molar-refractivity contribution >= 4 is 31.5 Å². The maximum Gasteiger partial charge on any atom is 0.226 e. The fourth-order valence-corrected chi connectivity index (χ4v) is 4.76. The topological polar surface area (TPSA) is 75.3 Å². The lowest BCUT2D eigenvalue weighted by molar-refractivity contribution is 0.263. The molecule has 0 aliphatic rings. The van der Waals surface area contributed by atoms with Gasteiger partial charge in [0.1, 0.15) is 17.9 Å². The van der Waals surface area contributed by atoms with Crippen molar-refractivity contribution in [2.45, 2.75) is 9.92 Å². The molecule has 0 aliphatic carbocycles. The van der Waals surface area contributed by atoms with Crippen molar-refractivity contribution in [1.82, 2.24) is 15.1 Å². The van der Waals surface area contributed by atoms with E-state index in [-0.39, 0.29) is 9.92 Å². The van der Waals surface area contributed by atoms with Gasteiger partial charge in [-0.25, -0.2) is 8.42 Å². The summed E-state index contributed by atoms with van der Waals surface area (Å²) in [5, 5.41) is 9.09. The van der Waals surface area contributed by atoms with Gasteiger partial charge in [0.05, 0.1) is 4.90 Å². The summed E-state index contributed by atoms with van der Waals surface area (Å²) in [6.07, 6.45) is 0. The first-order valence-corrected chi connectivity index (χ1v) is 10.4. The number of hydrogen-bond acceptors (Lipinski definition) is 5. The quantitative estimate of drug-likeness (QED) is 0.541. The van der Waals surface area contributed by atoms with E-state index in [1.807, 2.05) is 55.4 Å². The lowest BCUT2D eigenvalue weighted by Crippen LogP contribution is -2.19. The van der Waals surface area contributed by atoms with Crippen molar-refractivity contribution in [3.8, 4) is 5.75 Å². The Hall–Kier alpha value is -2.90. The summed E-state index contributed by atoms with van der Waals surface area (Å²) >= 11 is 0. The molecule has 1 N–H and O–H groups in total. The van der Waals surface area contributed by atoms with E-state index in [1.54, 1.807) is 24.3 Å². The minimum absolute atomic E-state index is 0.0110. The predicted molar refractivity (Wildman–Crippen MR) is 110 cm³/mol. The highest BCUT2D eigenvalue weighted by atomic mass is 32.2. The minimum atomic E-state index is -3.81. The molecule has 0 atom stereocenters. The van der Waals surface area contributed by atoms with Gasteiger partial charge in [-0.2, -0.15) is 5.10 Å². The molecule has 28 heavy (non-hydrogen) atoms. The zero-order valence-electron chi connectivity index (χ0n) is 15.7. The normalized spacial score (nSPS) is 12.1. The van der Waals surface area contributed by atoms with Crippen LogP contribution < -0.4 is 4.74 Å². The number of rotatable bonds is 6. The number of nitrogens with zero attached hydrogens (tertiary/aromatic N) is 2. The molecule has 3 aromatic carbocycles. The molecule has 0 unspecified atom stereocenters. The molecule has 7 heteroatoms. The predicted octanol–water partition coefficient (Wildman–Crippen LogP) is 3.49. The summed E-state index contributed by atoms with van der Waals surface area (Å²) < 4.78 is 32.6. The van der Waals surface area contributed by atoms with Crippen LogP contribution in [0.4, 0.5) is 0 Å². The maximum absolute atomic E-state index is 13.4. The van der Waals surface area contributed by atoms with Crippen LogP contribution in [0.1, 0.15) is 0 Å². The van der Waals surface area contributed by atoms with Gasteiger partial charge in [-0.05, 0) is 37.7 Å². The average Bonchev–Trinajstić information content (AvgIpc) is 3.13. The maximum atomic E-state index is 13.4. The van der Waals surface area contributed by atoms with Crippen LogP contribution in [0, 0.1) is 0 Å².